The molecule has 2 aromatic rings. The van der Waals surface area contributed by atoms with Crippen molar-refractivity contribution >= 4 is 11.1 Å². The first-order valence-corrected chi connectivity index (χ1v) is 4.30. The quantitative estimate of drug-likeness (QED) is 0.724. The Bertz CT molecular complexity index is 431. The Morgan fingerprint density at radius 3 is 2.85 bits per heavy atom. The zero-order valence-corrected chi connectivity index (χ0v) is 7.74. The summed E-state index contributed by atoms with van der Waals surface area (Å²) >= 11 is 0. The maximum atomic E-state index is 5.67. The highest BCUT2D eigenvalue weighted by molar-refractivity contribution is 5.76. The predicted molar refractivity (Wildman–Crippen MR) is 51.3 cm³/mol. The molecule has 0 amide bonds. The van der Waals surface area contributed by atoms with Crippen LogP contribution in [-0.4, -0.2) is 4.98 Å². The van der Waals surface area contributed by atoms with E-state index in [-0.39, 0.29) is 6.04 Å². The SMILES string of the molecule is Cc1cccc2nc([C@H](C)N)oc12. The second kappa shape index (κ2) is 2.85. The zero-order valence-electron chi connectivity index (χ0n) is 7.74. The summed E-state index contributed by atoms with van der Waals surface area (Å²) in [7, 11) is 0. The van der Waals surface area contributed by atoms with Crippen LogP contribution in [0.15, 0.2) is 22.6 Å². The maximum absolute atomic E-state index is 5.67. The van der Waals surface area contributed by atoms with E-state index in [9.17, 15) is 0 Å². The third-order valence-electron chi connectivity index (χ3n) is 2.02. The molecule has 68 valence electrons. The topological polar surface area (TPSA) is 52.0 Å². The van der Waals surface area contributed by atoms with Gasteiger partial charge in [0.15, 0.2) is 5.58 Å². The molecule has 1 aromatic carbocycles. The van der Waals surface area contributed by atoms with E-state index in [0.29, 0.717) is 5.89 Å². The van der Waals surface area contributed by atoms with Gasteiger partial charge in [-0.1, -0.05) is 12.1 Å². The van der Waals surface area contributed by atoms with Gasteiger partial charge in [-0.3, -0.25) is 0 Å². The minimum atomic E-state index is -0.146. The van der Waals surface area contributed by atoms with E-state index in [0.717, 1.165) is 16.7 Å². The number of hydrogen-bond acceptors (Lipinski definition) is 3. The fourth-order valence-electron chi connectivity index (χ4n) is 1.30. The van der Waals surface area contributed by atoms with E-state index in [2.05, 4.69) is 4.98 Å². The van der Waals surface area contributed by atoms with Crippen molar-refractivity contribution in [3.8, 4) is 0 Å². The molecule has 0 fully saturated rings. The van der Waals surface area contributed by atoms with E-state index in [4.69, 9.17) is 10.2 Å². The van der Waals surface area contributed by atoms with Crippen molar-refractivity contribution in [2.45, 2.75) is 19.9 Å². The van der Waals surface area contributed by atoms with E-state index in [1.54, 1.807) is 0 Å². The monoisotopic (exact) mass is 176 g/mol. The molecule has 2 rings (SSSR count). The first-order chi connectivity index (χ1) is 6.18. The zero-order chi connectivity index (χ0) is 9.42. The number of nitrogens with two attached hydrogens (primary N) is 1. The van der Waals surface area contributed by atoms with Crippen molar-refractivity contribution in [3.05, 3.63) is 29.7 Å². The standard InChI is InChI=1S/C10H12N2O/c1-6-4-3-5-8-9(6)13-10(12-8)7(2)11/h3-5,7H,11H2,1-2H3/t7-/m0/s1. The fourth-order valence-corrected chi connectivity index (χ4v) is 1.30. The van der Waals surface area contributed by atoms with Gasteiger partial charge in [-0.15, -0.1) is 0 Å². The minimum Gasteiger partial charge on any atom is -0.439 e. The number of oxazole rings is 1. The second-order valence-corrected chi connectivity index (χ2v) is 3.26. The summed E-state index contributed by atoms with van der Waals surface area (Å²) in [6.07, 6.45) is 0. The molecule has 0 unspecified atom stereocenters. The number of nitrogens with zero attached hydrogens (tertiary/aromatic N) is 1. The predicted octanol–water partition coefficient (Wildman–Crippen LogP) is 2.16. The lowest BCUT2D eigenvalue weighted by molar-refractivity contribution is 0.491. The second-order valence-electron chi connectivity index (χ2n) is 3.26. The summed E-state index contributed by atoms with van der Waals surface area (Å²) in [5, 5.41) is 0. The molecular weight excluding hydrogens is 164 g/mol. The lowest BCUT2D eigenvalue weighted by Gasteiger charge is -1.95. The largest absolute Gasteiger partial charge is 0.439 e. The molecule has 0 aliphatic heterocycles. The Labute approximate surface area is 76.6 Å². The molecule has 2 N–H and O–H groups in total. The van der Waals surface area contributed by atoms with Crippen molar-refractivity contribution < 1.29 is 4.42 Å². The Kier molecular flexibility index (Phi) is 1.81. The minimum absolute atomic E-state index is 0.146. The Hall–Kier alpha value is -1.35. The van der Waals surface area contributed by atoms with Crippen LogP contribution in [0.1, 0.15) is 24.4 Å². The maximum Gasteiger partial charge on any atom is 0.212 e. The first kappa shape index (κ1) is 8.26. The summed E-state index contributed by atoms with van der Waals surface area (Å²) < 4.78 is 5.52. The van der Waals surface area contributed by atoms with Crippen LogP contribution in [0.5, 0.6) is 0 Å². The number of aryl methyl sites for hydroxylation is 1. The number of aromatic nitrogens is 1. The number of para-hydroxylation sites is 1. The summed E-state index contributed by atoms with van der Waals surface area (Å²) in [6, 6.07) is 5.74. The van der Waals surface area contributed by atoms with E-state index in [1.165, 1.54) is 0 Å². The first-order valence-electron chi connectivity index (χ1n) is 4.30. The van der Waals surface area contributed by atoms with Gasteiger partial charge in [0, 0.05) is 0 Å². The van der Waals surface area contributed by atoms with Crippen LogP contribution in [0.4, 0.5) is 0 Å². The third-order valence-corrected chi connectivity index (χ3v) is 2.02. The van der Waals surface area contributed by atoms with Crippen LogP contribution in [0.2, 0.25) is 0 Å². The average Bonchev–Trinajstić information content (AvgIpc) is 2.49. The van der Waals surface area contributed by atoms with E-state index in [1.807, 2.05) is 32.0 Å². The van der Waals surface area contributed by atoms with Gasteiger partial charge in [-0.25, -0.2) is 4.98 Å². The average molecular weight is 176 g/mol. The summed E-state index contributed by atoms with van der Waals surface area (Å²) in [6.45, 7) is 3.86. The van der Waals surface area contributed by atoms with Crippen LogP contribution >= 0.6 is 0 Å². The van der Waals surface area contributed by atoms with Gasteiger partial charge in [0.05, 0.1) is 6.04 Å². The molecule has 0 spiro atoms. The Morgan fingerprint density at radius 2 is 2.23 bits per heavy atom. The molecule has 13 heavy (non-hydrogen) atoms. The van der Waals surface area contributed by atoms with Gasteiger partial charge in [-0.05, 0) is 25.5 Å². The van der Waals surface area contributed by atoms with Crippen molar-refractivity contribution in [1.82, 2.24) is 4.98 Å². The van der Waals surface area contributed by atoms with E-state index >= 15 is 0 Å². The molecular formula is C10H12N2O. The van der Waals surface area contributed by atoms with E-state index < -0.39 is 0 Å². The molecule has 0 saturated heterocycles. The van der Waals surface area contributed by atoms with Crippen LogP contribution in [0, 0.1) is 6.92 Å². The van der Waals surface area contributed by atoms with Gasteiger partial charge in [-0.2, -0.15) is 0 Å². The van der Waals surface area contributed by atoms with Gasteiger partial charge in [0.2, 0.25) is 5.89 Å². The lowest BCUT2D eigenvalue weighted by atomic mass is 10.2. The molecule has 0 aliphatic carbocycles. The summed E-state index contributed by atoms with van der Waals surface area (Å²) in [4.78, 5) is 4.28. The van der Waals surface area contributed by atoms with Crippen molar-refractivity contribution in [2.24, 2.45) is 5.73 Å². The molecule has 1 heterocycles. The number of rotatable bonds is 1. The van der Waals surface area contributed by atoms with Crippen molar-refractivity contribution in [3.63, 3.8) is 0 Å². The molecule has 0 radical (unpaired) electrons. The number of fused-ring (bicyclic) bond motifs is 1. The Morgan fingerprint density at radius 1 is 1.46 bits per heavy atom. The fraction of sp³-hybridized carbons (Fsp3) is 0.300. The normalized spacial score (nSPS) is 13.5. The highest BCUT2D eigenvalue weighted by atomic mass is 16.3. The number of hydrogen-bond donors (Lipinski definition) is 1. The molecule has 1 atom stereocenters. The van der Waals surface area contributed by atoms with Crippen LogP contribution in [-0.2, 0) is 0 Å². The Balaban J connectivity index is 2.68. The highest BCUT2D eigenvalue weighted by Gasteiger charge is 2.09. The smallest absolute Gasteiger partial charge is 0.212 e. The molecule has 0 bridgehead atoms. The van der Waals surface area contributed by atoms with Crippen molar-refractivity contribution in [2.75, 3.05) is 0 Å². The van der Waals surface area contributed by atoms with Crippen LogP contribution in [0.25, 0.3) is 11.1 Å². The number of benzene rings is 1. The summed E-state index contributed by atoms with van der Waals surface area (Å²) in [5.74, 6) is 0.601. The van der Waals surface area contributed by atoms with Gasteiger partial charge in [0.25, 0.3) is 0 Å². The van der Waals surface area contributed by atoms with Crippen LogP contribution < -0.4 is 5.73 Å². The van der Waals surface area contributed by atoms with Gasteiger partial charge >= 0.3 is 0 Å². The van der Waals surface area contributed by atoms with Crippen molar-refractivity contribution in [1.29, 1.82) is 0 Å². The highest BCUT2D eigenvalue weighted by Crippen LogP contribution is 2.21. The van der Waals surface area contributed by atoms with Crippen LogP contribution in [0.3, 0.4) is 0 Å². The molecule has 0 aliphatic rings. The molecule has 1 aromatic heterocycles. The molecule has 0 saturated carbocycles. The molecule has 3 nitrogen and oxygen atoms in total. The lowest BCUT2D eigenvalue weighted by Crippen LogP contribution is -2.04. The summed E-state index contributed by atoms with van der Waals surface area (Å²) in [5.41, 5.74) is 8.49. The third kappa shape index (κ3) is 1.31. The van der Waals surface area contributed by atoms with Gasteiger partial charge in [0.1, 0.15) is 5.52 Å². The van der Waals surface area contributed by atoms with Gasteiger partial charge < -0.3 is 10.2 Å². The molecule has 3 heteroatoms.